The molecule has 0 saturated heterocycles. The smallest absolute Gasteiger partial charge is 0.288 e. The molecule has 0 unspecified atom stereocenters. The first-order valence-corrected chi connectivity index (χ1v) is 8.45. The highest BCUT2D eigenvalue weighted by atomic mass is 35.5. The van der Waals surface area contributed by atoms with Gasteiger partial charge < -0.3 is 5.32 Å². The summed E-state index contributed by atoms with van der Waals surface area (Å²) in [6.07, 6.45) is 0. The normalized spacial score (nSPS) is 10.7. The van der Waals surface area contributed by atoms with Crippen LogP contribution in [-0.4, -0.2) is 30.6 Å². The van der Waals surface area contributed by atoms with Crippen molar-refractivity contribution in [2.45, 2.75) is 20.8 Å². The highest BCUT2D eigenvalue weighted by molar-refractivity contribution is 6.32. The third-order valence-corrected chi connectivity index (χ3v) is 4.38. The third-order valence-electron chi connectivity index (χ3n) is 4.06. The summed E-state index contributed by atoms with van der Waals surface area (Å²) in [7, 11) is 0. The van der Waals surface area contributed by atoms with E-state index in [0.717, 1.165) is 6.07 Å². The van der Waals surface area contributed by atoms with Crippen molar-refractivity contribution in [1.29, 1.82) is 0 Å². The van der Waals surface area contributed by atoms with Gasteiger partial charge in [-0.3, -0.25) is 24.7 Å². The topological polar surface area (TPSA) is 136 Å². The number of nitro groups is 1. The highest BCUT2D eigenvalue weighted by Crippen LogP contribution is 2.25. The number of nitro benzene ring substituents is 1. The number of aromatic nitrogens is 4. The molecule has 0 bridgehead atoms. The molecule has 2 aromatic heterocycles. The van der Waals surface area contributed by atoms with Crippen LogP contribution in [0.15, 0.2) is 29.1 Å². The number of carbonyl (C=O) groups excluding carboxylic acids is 1. The van der Waals surface area contributed by atoms with E-state index >= 15 is 0 Å². The second kappa shape index (κ2) is 7.24. The summed E-state index contributed by atoms with van der Waals surface area (Å²) >= 11 is 5.78. The van der Waals surface area contributed by atoms with Gasteiger partial charge in [-0.1, -0.05) is 11.6 Å². The predicted molar refractivity (Wildman–Crippen MR) is 102 cm³/mol. The van der Waals surface area contributed by atoms with Crippen LogP contribution in [0.3, 0.4) is 0 Å². The van der Waals surface area contributed by atoms with Gasteiger partial charge in [0.05, 0.1) is 10.6 Å². The van der Waals surface area contributed by atoms with Crippen LogP contribution in [-0.2, 0) is 0 Å². The molecule has 2 N–H and O–H groups in total. The molecule has 3 aromatic rings. The summed E-state index contributed by atoms with van der Waals surface area (Å²) < 4.78 is 1.28. The van der Waals surface area contributed by atoms with Crippen LogP contribution in [0, 0.1) is 30.9 Å². The Labute approximate surface area is 163 Å². The number of hydrogen-bond donors (Lipinski definition) is 2. The number of rotatable bonds is 4. The number of aromatic amines is 1. The zero-order valence-corrected chi connectivity index (χ0v) is 15.9. The molecule has 28 heavy (non-hydrogen) atoms. The van der Waals surface area contributed by atoms with Crippen LogP contribution in [0.4, 0.5) is 11.5 Å². The number of hydrogen-bond acceptors (Lipinski definition) is 6. The Kier molecular flexibility index (Phi) is 4.97. The van der Waals surface area contributed by atoms with Gasteiger partial charge in [0.2, 0.25) is 5.95 Å². The first kappa shape index (κ1) is 19.2. The van der Waals surface area contributed by atoms with Crippen LogP contribution in [0.1, 0.15) is 27.3 Å². The molecule has 0 aliphatic rings. The van der Waals surface area contributed by atoms with Crippen LogP contribution in [0.25, 0.3) is 5.95 Å². The number of anilines is 1. The molecule has 1 aromatic carbocycles. The molecule has 0 atom stereocenters. The molecule has 0 fully saturated rings. The van der Waals surface area contributed by atoms with E-state index in [-0.39, 0.29) is 33.6 Å². The van der Waals surface area contributed by atoms with Crippen molar-refractivity contribution in [2.75, 3.05) is 5.32 Å². The van der Waals surface area contributed by atoms with Gasteiger partial charge in [0, 0.05) is 29.0 Å². The number of carbonyl (C=O) groups is 1. The van der Waals surface area contributed by atoms with Gasteiger partial charge in [-0.25, -0.2) is 4.98 Å². The quantitative estimate of drug-likeness (QED) is 0.508. The van der Waals surface area contributed by atoms with Crippen LogP contribution in [0.2, 0.25) is 5.02 Å². The zero-order valence-electron chi connectivity index (χ0n) is 15.1. The van der Waals surface area contributed by atoms with Crippen molar-refractivity contribution in [3.05, 3.63) is 72.3 Å². The summed E-state index contributed by atoms with van der Waals surface area (Å²) in [5.74, 6) is -0.225. The second-order valence-corrected chi connectivity index (χ2v) is 6.47. The Hall–Kier alpha value is -3.53. The predicted octanol–water partition coefficient (Wildman–Crippen LogP) is 2.69. The van der Waals surface area contributed by atoms with E-state index in [4.69, 9.17) is 11.6 Å². The summed E-state index contributed by atoms with van der Waals surface area (Å²) in [4.78, 5) is 41.9. The van der Waals surface area contributed by atoms with Crippen LogP contribution in [0.5, 0.6) is 0 Å². The molecular formula is C17H15ClN6O4. The Bertz CT molecular complexity index is 1170. The molecule has 1 amide bonds. The van der Waals surface area contributed by atoms with E-state index in [2.05, 4.69) is 20.4 Å². The zero-order chi connectivity index (χ0) is 20.6. The van der Waals surface area contributed by atoms with E-state index in [1.54, 1.807) is 26.8 Å². The van der Waals surface area contributed by atoms with Gasteiger partial charge in [0.1, 0.15) is 10.8 Å². The lowest BCUT2D eigenvalue weighted by Gasteiger charge is -2.09. The maximum Gasteiger partial charge on any atom is 0.288 e. The average molecular weight is 403 g/mol. The van der Waals surface area contributed by atoms with E-state index in [1.165, 1.54) is 16.8 Å². The van der Waals surface area contributed by atoms with Crippen molar-refractivity contribution in [2.24, 2.45) is 0 Å². The number of benzene rings is 1. The first-order chi connectivity index (χ1) is 13.2. The number of nitrogens with zero attached hydrogens (tertiary/aromatic N) is 4. The lowest BCUT2D eigenvalue weighted by Crippen LogP contribution is -2.20. The average Bonchev–Trinajstić information content (AvgIpc) is 2.99. The Balaban J connectivity index is 1.99. The lowest BCUT2D eigenvalue weighted by molar-refractivity contribution is -0.384. The number of nitrogens with one attached hydrogen (secondary N) is 2. The summed E-state index contributed by atoms with van der Waals surface area (Å²) in [6, 6.07) is 5.31. The summed E-state index contributed by atoms with van der Waals surface area (Å²) in [5, 5.41) is 17.8. The summed E-state index contributed by atoms with van der Waals surface area (Å²) in [5.41, 5.74) is 0.922. The van der Waals surface area contributed by atoms with Crippen molar-refractivity contribution in [3.8, 4) is 5.95 Å². The fourth-order valence-corrected chi connectivity index (χ4v) is 2.65. The molecule has 0 aliphatic carbocycles. The molecule has 0 aliphatic heterocycles. The summed E-state index contributed by atoms with van der Waals surface area (Å²) in [6.45, 7) is 5.05. The minimum Gasteiger partial charge on any atom is -0.306 e. The third kappa shape index (κ3) is 3.62. The van der Waals surface area contributed by atoms with Crippen molar-refractivity contribution in [1.82, 2.24) is 19.7 Å². The second-order valence-electron chi connectivity index (χ2n) is 6.06. The minimum atomic E-state index is -0.669. The van der Waals surface area contributed by atoms with Gasteiger partial charge in [0.15, 0.2) is 0 Å². The maximum absolute atomic E-state index is 12.6. The maximum atomic E-state index is 12.6. The molecule has 11 heteroatoms. The van der Waals surface area contributed by atoms with E-state index in [1.807, 2.05) is 0 Å². The number of H-pyrrole nitrogens is 1. The number of amides is 1. The standard InChI is InChI=1S/C17H15ClN6O4/c1-8-6-14(23(22-8)17-19-10(3)9(2)15(25)21-17)20-16(26)11-4-5-12(18)13(7-11)24(27)28/h4-7H,1-3H3,(H,20,26)(H,19,21,25). The van der Waals surface area contributed by atoms with E-state index in [0.29, 0.717) is 17.0 Å². The fraction of sp³-hybridized carbons (Fsp3) is 0.176. The van der Waals surface area contributed by atoms with Crippen molar-refractivity contribution in [3.63, 3.8) is 0 Å². The fourth-order valence-electron chi connectivity index (χ4n) is 2.46. The van der Waals surface area contributed by atoms with Gasteiger partial charge in [-0.15, -0.1) is 0 Å². The van der Waals surface area contributed by atoms with Crippen LogP contribution >= 0.6 is 11.6 Å². The van der Waals surface area contributed by atoms with Crippen LogP contribution < -0.4 is 10.9 Å². The van der Waals surface area contributed by atoms with Gasteiger partial charge in [0.25, 0.3) is 17.2 Å². The van der Waals surface area contributed by atoms with Gasteiger partial charge >= 0.3 is 0 Å². The van der Waals surface area contributed by atoms with Crippen molar-refractivity contribution >= 4 is 29.0 Å². The molecule has 0 radical (unpaired) electrons. The first-order valence-electron chi connectivity index (χ1n) is 8.07. The number of halogens is 1. The molecule has 144 valence electrons. The lowest BCUT2D eigenvalue weighted by atomic mass is 10.2. The monoisotopic (exact) mass is 402 g/mol. The minimum absolute atomic E-state index is 0.0445. The van der Waals surface area contributed by atoms with E-state index < -0.39 is 10.8 Å². The Morgan fingerprint density at radius 1 is 1.29 bits per heavy atom. The largest absolute Gasteiger partial charge is 0.306 e. The highest BCUT2D eigenvalue weighted by Gasteiger charge is 2.19. The molecule has 10 nitrogen and oxygen atoms in total. The molecule has 0 saturated carbocycles. The number of aryl methyl sites for hydroxylation is 2. The molecule has 3 rings (SSSR count). The molecule has 0 spiro atoms. The SMILES string of the molecule is Cc1cc(NC(=O)c2ccc(Cl)c([N+](=O)[O-])c2)n(-c2nc(C)c(C)c(=O)[nH]2)n1. The Morgan fingerprint density at radius 3 is 2.64 bits per heavy atom. The molecular weight excluding hydrogens is 388 g/mol. The van der Waals surface area contributed by atoms with E-state index in [9.17, 15) is 19.7 Å². The van der Waals surface area contributed by atoms with Gasteiger partial charge in [-0.05, 0) is 32.9 Å². The van der Waals surface area contributed by atoms with Gasteiger partial charge in [-0.2, -0.15) is 9.78 Å². The van der Waals surface area contributed by atoms with Crippen molar-refractivity contribution < 1.29 is 9.72 Å². The Morgan fingerprint density at radius 2 is 2.00 bits per heavy atom. The molecule has 2 heterocycles.